The minimum Gasteiger partial charge on any atom is -0.396 e. The van der Waals surface area contributed by atoms with Crippen molar-refractivity contribution in [1.29, 1.82) is 5.41 Å². The number of hydrogen-bond donors (Lipinski definition) is 5. The second-order valence-corrected chi connectivity index (χ2v) is 1.26. The smallest absolute Gasteiger partial charge is 0.183 e. The van der Waals surface area contributed by atoms with Crippen LogP contribution < -0.4 is 11.5 Å². The van der Waals surface area contributed by atoms with Crippen molar-refractivity contribution < 1.29 is 10.2 Å². The van der Waals surface area contributed by atoms with Crippen molar-refractivity contribution in [3.63, 3.8) is 0 Å². The van der Waals surface area contributed by atoms with Crippen LogP contribution in [0.5, 0.6) is 0 Å². The van der Waals surface area contributed by atoms with Gasteiger partial charge in [-0.3, -0.25) is 5.41 Å². The van der Waals surface area contributed by atoms with Gasteiger partial charge in [0, 0.05) is 13.2 Å². The van der Waals surface area contributed by atoms with Gasteiger partial charge in [-0.15, -0.1) is 0 Å². The molecular weight excluding hydrogens is 122 g/mol. The third-order valence-electron chi connectivity index (χ3n) is 0.316. The first-order valence-electron chi connectivity index (χ1n) is 2.46. The Morgan fingerprint density at radius 1 is 1.22 bits per heavy atom. The fourth-order valence-corrected chi connectivity index (χ4v) is 0.0707. The maximum Gasteiger partial charge on any atom is 0.183 e. The van der Waals surface area contributed by atoms with Crippen molar-refractivity contribution in [2.24, 2.45) is 11.5 Å². The molecule has 0 spiro atoms. The highest BCUT2D eigenvalue weighted by molar-refractivity contribution is 5.71. The largest absolute Gasteiger partial charge is 0.396 e. The summed E-state index contributed by atoms with van der Waals surface area (Å²) < 4.78 is 0. The van der Waals surface area contributed by atoms with E-state index in [9.17, 15) is 0 Å². The molecule has 0 amide bonds. The summed E-state index contributed by atoms with van der Waals surface area (Å²) >= 11 is 0. The van der Waals surface area contributed by atoms with E-state index in [1.54, 1.807) is 0 Å². The van der Waals surface area contributed by atoms with Crippen molar-refractivity contribution in [2.75, 3.05) is 13.2 Å². The summed E-state index contributed by atoms with van der Waals surface area (Å²) in [5, 5.41) is 21.9. The zero-order chi connectivity index (χ0) is 7.70. The van der Waals surface area contributed by atoms with Crippen LogP contribution in [0, 0.1) is 5.41 Å². The van der Waals surface area contributed by atoms with E-state index in [-0.39, 0.29) is 19.2 Å². The molecule has 0 aliphatic rings. The van der Waals surface area contributed by atoms with E-state index in [1.807, 2.05) is 0 Å². The SMILES string of the molecule is N=C(N)N.OCCCO. The van der Waals surface area contributed by atoms with E-state index in [0.717, 1.165) is 0 Å². The average Bonchev–Trinajstić information content (AvgIpc) is 1.66. The van der Waals surface area contributed by atoms with Gasteiger partial charge in [0.2, 0.25) is 0 Å². The molecule has 0 aliphatic heterocycles. The fraction of sp³-hybridized carbons (Fsp3) is 0.750. The van der Waals surface area contributed by atoms with Crippen LogP contribution in [0.1, 0.15) is 6.42 Å². The Kier molecular flexibility index (Phi) is 12.6. The maximum atomic E-state index is 7.91. The second-order valence-electron chi connectivity index (χ2n) is 1.26. The average molecular weight is 135 g/mol. The zero-order valence-corrected chi connectivity index (χ0v) is 5.17. The molecule has 0 aromatic heterocycles. The summed E-state index contributed by atoms with van der Waals surface area (Å²) in [7, 11) is 0. The lowest BCUT2D eigenvalue weighted by Crippen LogP contribution is -2.20. The van der Waals surface area contributed by atoms with Crippen LogP contribution in [0.3, 0.4) is 0 Å². The maximum absolute atomic E-state index is 7.91. The molecule has 0 unspecified atom stereocenters. The summed E-state index contributed by atoms with van der Waals surface area (Å²) in [5.74, 6) is -0.333. The van der Waals surface area contributed by atoms with Crippen molar-refractivity contribution in [1.82, 2.24) is 0 Å². The zero-order valence-electron chi connectivity index (χ0n) is 5.17. The molecule has 0 rings (SSSR count). The quantitative estimate of drug-likeness (QED) is 0.227. The molecule has 56 valence electrons. The van der Waals surface area contributed by atoms with Gasteiger partial charge < -0.3 is 21.7 Å². The Balaban J connectivity index is 0. The molecule has 9 heavy (non-hydrogen) atoms. The van der Waals surface area contributed by atoms with Crippen LogP contribution in [-0.4, -0.2) is 29.4 Å². The number of rotatable bonds is 2. The Morgan fingerprint density at radius 3 is 1.44 bits per heavy atom. The fourth-order valence-electron chi connectivity index (χ4n) is 0.0707. The number of aliphatic hydroxyl groups excluding tert-OH is 2. The Morgan fingerprint density at radius 2 is 1.44 bits per heavy atom. The summed E-state index contributed by atoms with van der Waals surface area (Å²) in [6.07, 6.45) is 0.500. The molecule has 5 heteroatoms. The van der Waals surface area contributed by atoms with Crippen LogP contribution in [-0.2, 0) is 0 Å². The minimum atomic E-state index is -0.333. The van der Waals surface area contributed by atoms with Crippen molar-refractivity contribution >= 4 is 5.96 Å². The first-order valence-corrected chi connectivity index (χ1v) is 2.46. The third kappa shape index (κ3) is 137. The van der Waals surface area contributed by atoms with Crippen LogP contribution in [0.25, 0.3) is 0 Å². The van der Waals surface area contributed by atoms with Gasteiger partial charge in [0.25, 0.3) is 0 Å². The highest BCUT2D eigenvalue weighted by Crippen LogP contribution is 1.65. The standard InChI is InChI=1S/C3H8O2.CH5N3/c4-2-1-3-5;2-1(3)4/h4-5H,1-3H2;(H5,2,3,4). The van der Waals surface area contributed by atoms with Crippen LogP contribution in [0.15, 0.2) is 0 Å². The summed E-state index contributed by atoms with van der Waals surface area (Å²) in [6.45, 7) is 0.188. The summed E-state index contributed by atoms with van der Waals surface area (Å²) in [4.78, 5) is 0. The van der Waals surface area contributed by atoms with Gasteiger partial charge in [0.1, 0.15) is 0 Å². The summed E-state index contributed by atoms with van der Waals surface area (Å²) in [6, 6.07) is 0. The lowest BCUT2D eigenvalue weighted by molar-refractivity contribution is 0.221. The Labute approximate surface area is 53.8 Å². The Hall–Kier alpha value is -0.810. The molecule has 0 aromatic carbocycles. The van der Waals surface area contributed by atoms with Crippen LogP contribution >= 0.6 is 0 Å². The molecular formula is C4H13N3O2. The van der Waals surface area contributed by atoms with Crippen LogP contribution in [0.4, 0.5) is 0 Å². The van der Waals surface area contributed by atoms with E-state index < -0.39 is 0 Å². The monoisotopic (exact) mass is 135 g/mol. The minimum absolute atomic E-state index is 0.0938. The molecule has 7 N–H and O–H groups in total. The van der Waals surface area contributed by atoms with Crippen molar-refractivity contribution in [3.8, 4) is 0 Å². The first kappa shape index (κ1) is 11.0. The van der Waals surface area contributed by atoms with E-state index >= 15 is 0 Å². The van der Waals surface area contributed by atoms with E-state index in [1.165, 1.54) is 0 Å². The molecule has 0 aliphatic carbocycles. The molecule has 0 saturated heterocycles. The molecule has 5 nitrogen and oxygen atoms in total. The number of guanidine groups is 1. The van der Waals surface area contributed by atoms with Gasteiger partial charge in [-0.1, -0.05) is 0 Å². The van der Waals surface area contributed by atoms with Gasteiger partial charge in [0.05, 0.1) is 0 Å². The first-order chi connectivity index (χ1) is 4.15. The van der Waals surface area contributed by atoms with E-state index in [4.69, 9.17) is 15.6 Å². The van der Waals surface area contributed by atoms with Gasteiger partial charge in [0.15, 0.2) is 5.96 Å². The molecule has 0 aromatic rings. The van der Waals surface area contributed by atoms with Gasteiger partial charge >= 0.3 is 0 Å². The molecule has 0 bridgehead atoms. The van der Waals surface area contributed by atoms with Gasteiger partial charge in [-0.25, -0.2) is 0 Å². The van der Waals surface area contributed by atoms with E-state index in [0.29, 0.717) is 6.42 Å². The highest BCUT2D eigenvalue weighted by Gasteiger charge is 1.70. The van der Waals surface area contributed by atoms with Gasteiger partial charge in [-0.05, 0) is 6.42 Å². The topological polar surface area (TPSA) is 116 Å². The van der Waals surface area contributed by atoms with Crippen molar-refractivity contribution in [2.45, 2.75) is 6.42 Å². The lowest BCUT2D eigenvalue weighted by atomic mass is 10.5. The number of hydrogen-bond acceptors (Lipinski definition) is 3. The van der Waals surface area contributed by atoms with Crippen molar-refractivity contribution in [3.05, 3.63) is 0 Å². The molecule has 0 heterocycles. The molecule has 0 radical (unpaired) electrons. The second kappa shape index (κ2) is 10.2. The third-order valence-corrected chi connectivity index (χ3v) is 0.316. The molecule has 0 saturated carbocycles. The lowest BCUT2D eigenvalue weighted by Gasteiger charge is -1.79. The summed E-state index contributed by atoms with van der Waals surface area (Å²) in [5.41, 5.74) is 8.94. The highest BCUT2D eigenvalue weighted by atomic mass is 16.3. The van der Waals surface area contributed by atoms with Crippen LogP contribution in [0.2, 0.25) is 0 Å². The predicted octanol–water partition coefficient (Wildman–Crippen LogP) is -1.80. The van der Waals surface area contributed by atoms with Gasteiger partial charge in [-0.2, -0.15) is 0 Å². The number of nitrogens with two attached hydrogens (primary N) is 2. The molecule has 0 atom stereocenters. The van der Waals surface area contributed by atoms with E-state index in [2.05, 4.69) is 11.5 Å². The Bertz CT molecular complexity index is 60.8. The predicted molar refractivity (Wildman–Crippen MR) is 34.9 cm³/mol. The normalized spacial score (nSPS) is 7.33. The number of nitrogens with one attached hydrogen (secondary N) is 1. The number of aliphatic hydroxyl groups is 2. The molecule has 0 fully saturated rings.